The fraction of sp³-hybridized carbons (Fsp3) is 0.722. The predicted molar refractivity (Wildman–Crippen MR) is 107 cm³/mol. The number of hydrogen-bond donors (Lipinski definition) is 0. The summed E-state index contributed by atoms with van der Waals surface area (Å²) in [6.45, 7) is 4.79. The molecule has 0 saturated carbocycles. The second kappa shape index (κ2) is 9.70. The zero-order chi connectivity index (χ0) is 23.5. The van der Waals surface area contributed by atoms with E-state index >= 15 is 0 Å². The van der Waals surface area contributed by atoms with Gasteiger partial charge in [0.1, 0.15) is 17.7 Å². The molecule has 1 amide bonds. The van der Waals surface area contributed by atoms with Crippen LogP contribution in [-0.4, -0.2) is 66.4 Å². The average molecular weight is 472 g/mol. The second-order valence-corrected chi connectivity index (χ2v) is 9.37. The minimum absolute atomic E-state index is 0.105. The standard InChI is InChI=1S/C18H25N4O9P/c1-4-27-16(25)11(2)6-8-28-32(26)29-10-13-15(31-32)18(3,20-21-19)17(30-13)22-7-5-12(23)9-14(22)24/h5,7,11,13,15,17H,4,6,8-10H2,1-3H3/t11?,13-,15-,17-,18-,32-/m1/s1. The van der Waals surface area contributed by atoms with Gasteiger partial charge in [-0.3, -0.25) is 32.9 Å². The lowest BCUT2D eigenvalue weighted by Crippen LogP contribution is -2.53. The quantitative estimate of drug-likeness (QED) is 0.128. The van der Waals surface area contributed by atoms with E-state index in [4.69, 9.17) is 28.6 Å². The van der Waals surface area contributed by atoms with Crippen molar-refractivity contribution in [2.24, 2.45) is 11.0 Å². The molecule has 6 atom stereocenters. The maximum absolute atomic E-state index is 13.0. The van der Waals surface area contributed by atoms with Crippen molar-refractivity contribution < 1.29 is 42.0 Å². The van der Waals surface area contributed by atoms with Crippen molar-refractivity contribution >= 4 is 25.5 Å². The smallest absolute Gasteiger partial charge is 0.466 e. The molecule has 3 rings (SSSR count). The van der Waals surface area contributed by atoms with Gasteiger partial charge in [-0.1, -0.05) is 12.0 Å². The Morgan fingerprint density at radius 3 is 2.91 bits per heavy atom. The Kier molecular flexibility index (Phi) is 7.39. The van der Waals surface area contributed by atoms with Crippen molar-refractivity contribution in [3.63, 3.8) is 0 Å². The fourth-order valence-electron chi connectivity index (χ4n) is 3.64. The van der Waals surface area contributed by atoms with Crippen LogP contribution in [0, 0.1) is 5.92 Å². The van der Waals surface area contributed by atoms with Crippen LogP contribution < -0.4 is 0 Å². The number of phosphoric acid groups is 1. The van der Waals surface area contributed by atoms with Gasteiger partial charge in [0.25, 0.3) is 0 Å². The van der Waals surface area contributed by atoms with Crippen molar-refractivity contribution in [1.29, 1.82) is 0 Å². The Hall–Kier alpha value is -2.27. The SMILES string of the molecule is CCOC(=O)C(C)CCO[P@]1(=O)OC[C@H]2O[C@@H](N3C=CC(=O)CC3=O)[C@](C)(N=[N+]=[N-])[C@@H]2O1. The van der Waals surface area contributed by atoms with Gasteiger partial charge in [-0.25, -0.2) is 4.57 Å². The Bertz CT molecular complexity index is 905. The van der Waals surface area contributed by atoms with Gasteiger partial charge in [-0.05, 0) is 31.9 Å². The number of ketones is 1. The van der Waals surface area contributed by atoms with E-state index in [1.165, 1.54) is 19.2 Å². The highest BCUT2D eigenvalue weighted by molar-refractivity contribution is 7.48. The highest BCUT2D eigenvalue weighted by Gasteiger charge is 2.62. The number of amides is 1. The molecule has 3 heterocycles. The Morgan fingerprint density at radius 2 is 2.25 bits per heavy atom. The number of carbonyl (C=O) groups excluding carboxylic acids is 3. The number of hydrogen-bond acceptors (Lipinski definition) is 10. The van der Waals surface area contributed by atoms with Gasteiger partial charge >= 0.3 is 13.8 Å². The monoisotopic (exact) mass is 472 g/mol. The Labute approximate surface area is 184 Å². The van der Waals surface area contributed by atoms with Gasteiger partial charge < -0.3 is 9.47 Å². The molecule has 2 fully saturated rings. The summed E-state index contributed by atoms with van der Waals surface area (Å²) in [4.78, 5) is 39.6. The predicted octanol–water partition coefficient (Wildman–Crippen LogP) is 2.22. The highest BCUT2D eigenvalue weighted by Crippen LogP contribution is 2.58. The number of phosphoric ester groups is 1. The maximum atomic E-state index is 13.0. The Morgan fingerprint density at radius 1 is 1.50 bits per heavy atom. The summed E-state index contributed by atoms with van der Waals surface area (Å²) < 4.78 is 40.0. The first-order valence-corrected chi connectivity index (χ1v) is 11.6. The lowest BCUT2D eigenvalue weighted by molar-refractivity contribution is -0.148. The molecule has 1 unspecified atom stereocenters. The second-order valence-electron chi connectivity index (χ2n) is 7.75. The van der Waals surface area contributed by atoms with E-state index in [0.29, 0.717) is 0 Å². The van der Waals surface area contributed by atoms with Gasteiger partial charge in [0.2, 0.25) is 5.91 Å². The number of azide groups is 1. The minimum atomic E-state index is -4.07. The molecule has 0 radical (unpaired) electrons. The molecule has 3 aliphatic heterocycles. The van der Waals surface area contributed by atoms with E-state index in [1.807, 2.05) is 0 Å². The zero-order valence-corrected chi connectivity index (χ0v) is 18.8. The largest absolute Gasteiger partial charge is 0.475 e. The molecule has 0 aromatic rings. The molecule has 13 nitrogen and oxygen atoms in total. The zero-order valence-electron chi connectivity index (χ0n) is 17.9. The van der Waals surface area contributed by atoms with Crippen molar-refractivity contribution in [1.82, 2.24) is 4.90 Å². The number of esters is 1. The summed E-state index contributed by atoms with van der Waals surface area (Å²) >= 11 is 0. The molecule has 3 aliphatic rings. The molecule has 0 spiro atoms. The minimum Gasteiger partial charge on any atom is -0.466 e. The van der Waals surface area contributed by atoms with Gasteiger partial charge in [0, 0.05) is 11.1 Å². The molecule has 0 aromatic heterocycles. The molecule has 32 heavy (non-hydrogen) atoms. The van der Waals surface area contributed by atoms with E-state index in [1.54, 1.807) is 13.8 Å². The third-order valence-corrected chi connectivity index (χ3v) is 6.84. The molecular weight excluding hydrogens is 447 g/mol. The van der Waals surface area contributed by atoms with Crippen LogP contribution in [0.5, 0.6) is 0 Å². The number of nitrogens with zero attached hydrogens (tertiary/aromatic N) is 4. The van der Waals surface area contributed by atoms with E-state index in [9.17, 15) is 18.9 Å². The molecule has 176 valence electrons. The van der Waals surface area contributed by atoms with Crippen LogP contribution in [-0.2, 0) is 42.0 Å². The van der Waals surface area contributed by atoms with E-state index < -0.39 is 49.6 Å². The summed E-state index contributed by atoms with van der Waals surface area (Å²) in [6.07, 6.45) is -0.617. The lowest BCUT2D eigenvalue weighted by Gasteiger charge is -2.37. The summed E-state index contributed by atoms with van der Waals surface area (Å²) in [5.74, 6) is -1.78. The third kappa shape index (κ3) is 4.88. The molecule has 14 heteroatoms. The van der Waals surface area contributed by atoms with Crippen LogP contribution in [0.1, 0.15) is 33.6 Å². The number of fused-ring (bicyclic) bond motifs is 1. The summed E-state index contributed by atoms with van der Waals surface area (Å²) in [7, 11) is -4.07. The summed E-state index contributed by atoms with van der Waals surface area (Å²) in [6, 6.07) is 0. The van der Waals surface area contributed by atoms with Gasteiger partial charge in [-0.15, -0.1) is 0 Å². The van der Waals surface area contributed by atoms with Crippen LogP contribution in [0.15, 0.2) is 17.4 Å². The van der Waals surface area contributed by atoms with Gasteiger partial charge in [-0.2, -0.15) is 0 Å². The van der Waals surface area contributed by atoms with Crippen LogP contribution in [0.3, 0.4) is 0 Å². The lowest BCUT2D eigenvalue weighted by atomic mass is 9.92. The number of allylic oxidation sites excluding steroid dienone is 1. The normalized spacial score (nSPS) is 35.2. The third-order valence-electron chi connectivity index (χ3n) is 5.39. The van der Waals surface area contributed by atoms with Crippen LogP contribution in [0.25, 0.3) is 10.4 Å². The molecule has 0 aliphatic carbocycles. The molecular formula is C18H25N4O9P. The maximum Gasteiger partial charge on any atom is 0.475 e. The Balaban J connectivity index is 1.72. The van der Waals surface area contributed by atoms with Crippen LogP contribution >= 0.6 is 7.82 Å². The first-order chi connectivity index (χ1) is 15.1. The van der Waals surface area contributed by atoms with Crippen molar-refractivity contribution in [2.75, 3.05) is 19.8 Å². The van der Waals surface area contributed by atoms with E-state index in [-0.39, 0.29) is 38.4 Å². The number of carbonyl (C=O) groups is 3. The highest BCUT2D eigenvalue weighted by atomic mass is 31.2. The average Bonchev–Trinajstić information content (AvgIpc) is 3.00. The van der Waals surface area contributed by atoms with Crippen molar-refractivity contribution in [3.8, 4) is 0 Å². The van der Waals surface area contributed by atoms with Crippen molar-refractivity contribution in [2.45, 2.75) is 57.6 Å². The number of ether oxygens (including phenoxy) is 2. The van der Waals surface area contributed by atoms with Crippen LogP contribution in [0.2, 0.25) is 0 Å². The van der Waals surface area contributed by atoms with E-state index in [2.05, 4.69) is 10.0 Å². The van der Waals surface area contributed by atoms with E-state index in [0.717, 1.165) is 4.90 Å². The molecule has 2 saturated heterocycles. The molecule has 0 N–H and O–H groups in total. The number of rotatable bonds is 8. The van der Waals surface area contributed by atoms with Gasteiger partial charge in [0.05, 0.1) is 32.2 Å². The first kappa shape index (κ1) is 24.4. The topological polar surface area (TPSA) is 166 Å². The summed E-state index contributed by atoms with van der Waals surface area (Å²) in [5, 5.41) is 3.79. The van der Waals surface area contributed by atoms with Crippen molar-refractivity contribution in [3.05, 3.63) is 22.7 Å². The fourth-order valence-corrected chi connectivity index (χ4v) is 5.13. The first-order valence-electron chi connectivity index (χ1n) is 10.1. The molecule has 0 bridgehead atoms. The molecule has 0 aromatic carbocycles. The van der Waals surface area contributed by atoms with Gasteiger partial charge in [0.15, 0.2) is 12.0 Å². The summed E-state index contributed by atoms with van der Waals surface area (Å²) in [5.41, 5.74) is 7.65. The van der Waals surface area contributed by atoms with Crippen LogP contribution in [0.4, 0.5) is 0 Å².